The third kappa shape index (κ3) is 3.90. The zero-order valence-electron chi connectivity index (χ0n) is 14.6. The smallest absolute Gasteiger partial charge is 0.227 e. The summed E-state index contributed by atoms with van der Waals surface area (Å²) in [6, 6.07) is 5.90. The molecule has 1 aliphatic heterocycles. The van der Waals surface area contributed by atoms with Crippen LogP contribution in [-0.2, 0) is 11.2 Å². The SMILES string of the molecule is Cc1n[nH]c(C)c1CC(=O)N1CCC[C@@H]1C[C@H](O)c1ccc(F)cc1. The number of halogens is 1. The molecule has 1 amide bonds. The number of carbonyl (C=O) groups is 1. The molecule has 0 bridgehead atoms. The van der Waals surface area contributed by atoms with E-state index in [-0.39, 0.29) is 17.8 Å². The maximum atomic E-state index is 13.0. The number of aryl methyl sites for hydroxylation is 2. The van der Waals surface area contributed by atoms with Gasteiger partial charge in [0, 0.05) is 23.8 Å². The van der Waals surface area contributed by atoms with E-state index in [4.69, 9.17) is 0 Å². The predicted octanol–water partition coefficient (Wildman–Crippen LogP) is 2.82. The molecule has 1 aromatic carbocycles. The number of aliphatic hydroxyl groups is 1. The number of nitrogens with one attached hydrogen (secondary N) is 1. The number of amides is 1. The lowest BCUT2D eigenvalue weighted by Crippen LogP contribution is -2.37. The molecule has 2 N–H and O–H groups in total. The molecular formula is C19H24FN3O2. The van der Waals surface area contributed by atoms with E-state index in [1.165, 1.54) is 12.1 Å². The minimum Gasteiger partial charge on any atom is -0.388 e. The van der Waals surface area contributed by atoms with Crippen molar-refractivity contribution in [2.24, 2.45) is 0 Å². The number of rotatable bonds is 5. The number of hydrogen-bond donors (Lipinski definition) is 2. The Hall–Kier alpha value is -2.21. The Kier molecular flexibility index (Phi) is 5.18. The summed E-state index contributed by atoms with van der Waals surface area (Å²) < 4.78 is 13.0. The van der Waals surface area contributed by atoms with Crippen molar-refractivity contribution in [3.63, 3.8) is 0 Å². The van der Waals surface area contributed by atoms with Crippen molar-refractivity contribution in [1.82, 2.24) is 15.1 Å². The maximum absolute atomic E-state index is 13.0. The molecule has 1 fully saturated rings. The first-order chi connectivity index (χ1) is 12.0. The Morgan fingerprint density at radius 2 is 2.12 bits per heavy atom. The molecule has 0 spiro atoms. The summed E-state index contributed by atoms with van der Waals surface area (Å²) in [6.07, 6.45) is 1.93. The van der Waals surface area contributed by atoms with Crippen LogP contribution in [0.25, 0.3) is 0 Å². The minimum atomic E-state index is -0.698. The summed E-state index contributed by atoms with van der Waals surface area (Å²) in [5, 5.41) is 17.5. The van der Waals surface area contributed by atoms with Crippen LogP contribution in [-0.4, -0.2) is 38.7 Å². The van der Waals surface area contributed by atoms with Crippen LogP contribution < -0.4 is 0 Å². The highest BCUT2D eigenvalue weighted by Crippen LogP contribution is 2.28. The fourth-order valence-electron chi connectivity index (χ4n) is 3.58. The Morgan fingerprint density at radius 3 is 2.76 bits per heavy atom. The van der Waals surface area contributed by atoms with E-state index in [1.54, 1.807) is 12.1 Å². The monoisotopic (exact) mass is 345 g/mol. The zero-order chi connectivity index (χ0) is 18.0. The van der Waals surface area contributed by atoms with Gasteiger partial charge in [-0.15, -0.1) is 0 Å². The maximum Gasteiger partial charge on any atom is 0.227 e. The summed E-state index contributed by atoms with van der Waals surface area (Å²) >= 11 is 0. The minimum absolute atomic E-state index is 0.0140. The lowest BCUT2D eigenvalue weighted by Gasteiger charge is -2.27. The molecule has 2 atom stereocenters. The molecule has 134 valence electrons. The predicted molar refractivity (Wildman–Crippen MR) is 92.5 cm³/mol. The largest absolute Gasteiger partial charge is 0.388 e. The van der Waals surface area contributed by atoms with Gasteiger partial charge in [0.05, 0.1) is 18.2 Å². The fourth-order valence-corrected chi connectivity index (χ4v) is 3.58. The summed E-state index contributed by atoms with van der Waals surface area (Å²) in [5.41, 5.74) is 3.41. The van der Waals surface area contributed by atoms with E-state index in [2.05, 4.69) is 10.2 Å². The van der Waals surface area contributed by atoms with Gasteiger partial charge in [0.15, 0.2) is 0 Å². The molecule has 25 heavy (non-hydrogen) atoms. The van der Waals surface area contributed by atoms with Crippen molar-refractivity contribution in [1.29, 1.82) is 0 Å². The lowest BCUT2D eigenvalue weighted by molar-refractivity contribution is -0.131. The zero-order valence-corrected chi connectivity index (χ0v) is 14.6. The first-order valence-corrected chi connectivity index (χ1v) is 8.69. The van der Waals surface area contributed by atoms with Crippen LogP contribution in [0.4, 0.5) is 4.39 Å². The van der Waals surface area contributed by atoms with Gasteiger partial charge < -0.3 is 10.0 Å². The first kappa shape index (κ1) is 17.6. The Labute approximate surface area is 146 Å². The number of hydrogen-bond acceptors (Lipinski definition) is 3. The third-order valence-electron chi connectivity index (χ3n) is 5.06. The average molecular weight is 345 g/mol. The van der Waals surface area contributed by atoms with Crippen LogP contribution in [0, 0.1) is 19.7 Å². The molecule has 0 saturated carbocycles. The fraction of sp³-hybridized carbons (Fsp3) is 0.474. The molecule has 5 nitrogen and oxygen atoms in total. The number of carbonyl (C=O) groups excluding carboxylic acids is 1. The van der Waals surface area contributed by atoms with Crippen LogP contribution in [0.2, 0.25) is 0 Å². The van der Waals surface area contributed by atoms with Crippen LogP contribution in [0.15, 0.2) is 24.3 Å². The second-order valence-corrected chi connectivity index (χ2v) is 6.78. The number of aromatic amines is 1. The normalized spacial score (nSPS) is 18.6. The standard InChI is InChI=1S/C19H24FN3O2/c1-12-17(13(2)22-21-12)11-19(25)23-9-3-4-16(23)10-18(24)14-5-7-15(20)8-6-14/h5-8,16,18,24H,3-4,9-11H2,1-2H3,(H,21,22)/t16-,18+/m1/s1. The van der Waals surface area contributed by atoms with Crippen molar-refractivity contribution in [2.75, 3.05) is 6.54 Å². The van der Waals surface area contributed by atoms with Crippen molar-refractivity contribution < 1.29 is 14.3 Å². The number of H-pyrrole nitrogens is 1. The number of nitrogens with zero attached hydrogens (tertiary/aromatic N) is 2. The van der Waals surface area contributed by atoms with Crippen molar-refractivity contribution in [2.45, 2.75) is 51.7 Å². The summed E-state index contributed by atoms with van der Waals surface area (Å²) in [7, 11) is 0. The average Bonchev–Trinajstić information content (AvgIpc) is 3.17. The van der Waals surface area contributed by atoms with Gasteiger partial charge in [-0.2, -0.15) is 5.10 Å². The molecular weight excluding hydrogens is 321 g/mol. The number of aromatic nitrogens is 2. The topological polar surface area (TPSA) is 69.2 Å². The molecule has 1 saturated heterocycles. The number of benzene rings is 1. The van der Waals surface area contributed by atoms with Crippen molar-refractivity contribution in [3.05, 3.63) is 52.6 Å². The number of aliphatic hydroxyl groups excluding tert-OH is 1. The number of likely N-dealkylation sites (tertiary alicyclic amines) is 1. The molecule has 0 aliphatic carbocycles. The Morgan fingerprint density at radius 1 is 1.40 bits per heavy atom. The van der Waals surface area contributed by atoms with E-state index in [9.17, 15) is 14.3 Å². The van der Waals surface area contributed by atoms with Gasteiger partial charge in [-0.1, -0.05) is 12.1 Å². The van der Waals surface area contributed by atoms with Crippen molar-refractivity contribution >= 4 is 5.91 Å². The quantitative estimate of drug-likeness (QED) is 0.875. The molecule has 3 rings (SSSR count). The third-order valence-corrected chi connectivity index (χ3v) is 5.06. The Bertz CT molecular complexity index is 722. The van der Waals surface area contributed by atoms with E-state index in [0.717, 1.165) is 36.3 Å². The highest BCUT2D eigenvalue weighted by atomic mass is 19.1. The molecule has 2 aromatic rings. The van der Waals surface area contributed by atoms with E-state index >= 15 is 0 Å². The van der Waals surface area contributed by atoms with Crippen LogP contribution in [0.1, 0.15) is 47.9 Å². The van der Waals surface area contributed by atoms with Crippen molar-refractivity contribution in [3.8, 4) is 0 Å². The molecule has 1 aliphatic rings. The van der Waals surface area contributed by atoms with E-state index in [1.807, 2.05) is 18.7 Å². The van der Waals surface area contributed by atoms with Crippen LogP contribution >= 0.6 is 0 Å². The summed E-state index contributed by atoms with van der Waals surface area (Å²) in [6.45, 7) is 4.53. The first-order valence-electron chi connectivity index (χ1n) is 8.69. The highest BCUT2D eigenvalue weighted by molar-refractivity contribution is 5.79. The van der Waals surface area contributed by atoms with Gasteiger partial charge in [0.2, 0.25) is 5.91 Å². The summed E-state index contributed by atoms with van der Waals surface area (Å²) in [5.74, 6) is -0.249. The highest BCUT2D eigenvalue weighted by Gasteiger charge is 2.31. The second-order valence-electron chi connectivity index (χ2n) is 6.78. The summed E-state index contributed by atoms with van der Waals surface area (Å²) in [4.78, 5) is 14.6. The van der Waals surface area contributed by atoms with Crippen LogP contribution in [0.3, 0.4) is 0 Å². The Balaban J connectivity index is 1.65. The van der Waals surface area contributed by atoms with Gasteiger partial charge in [0.25, 0.3) is 0 Å². The van der Waals surface area contributed by atoms with Gasteiger partial charge in [-0.3, -0.25) is 9.89 Å². The molecule has 6 heteroatoms. The molecule has 0 radical (unpaired) electrons. The van der Waals surface area contributed by atoms with Gasteiger partial charge in [-0.25, -0.2) is 4.39 Å². The van der Waals surface area contributed by atoms with Gasteiger partial charge >= 0.3 is 0 Å². The van der Waals surface area contributed by atoms with Gasteiger partial charge in [-0.05, 0) is 50.8 Å². The van der Waals surface area contributed by atoms with E-state index in [0.29, 0.717) is 18.4 Å². The molecule has 2 heterocycles. The van der Waals surface area contributed by atoms with Gasteiger partial charge in [0.1, 0.15) is 5.82 Å². The van der Waals surface area contributed by atoms with E-state index < -0.39 is 6.10 Å². The van der Waals surface area contributed by atoms with Crippen LogP contribution in [0.5, 0.6) is 0 Å². The second kappa shape index (κ2) is 7.35. The molecule has 0 unspecified atom stereocenters. The lowest BCUT2D eigenvalue weighted by atomic mass is 10.00. The molecule has 1 aromatic heterocycles.